The summed E-state index contributed by atoms with van der Waals surface area (Å²) in [6.45, 7) is 5.10. The highest BCUT2D eigenvalue weighted by Crippen LogP contribution is 2.38. The molecule has 1 atom stereocenters. The number of hydrogen-bond donors (Lipinski definition) is 0. The van der Waals surface area contributed by atoms with Crippen molar-refractivity contribution in [1.29, 1.82) is 0 Å². The van der Waals surface area contributed by atoms with Crippen LogP contribution in [0.15, 0.2) is 4.90 Å². The minimum atomic E-state index is -5.14. The number of nitrogens with zero attached hydrogens (tertiary/aromatic N) is 1. The topological polar surface area (TPSA) is 56.3 Å². The van der Waals surface area contributed by atoms with E-state index in [2.05, 4.69) is 9.72 Å². The molecule has 0 N–H and O–H groups in total. The smallest absolute Gasteiger partial charge is 0.434 e. The van der Waals surface area contributed by atoms with Crippen molar-refractivity contribution in [3.8, 4) is 0 Å². The Morgan fingerprint density at radius 2 is 1.83 bits per heavy atom. The van der Waals surface area contributed by atoms with Gasteiger partial charge in [-0.25, -0.2) is 18.6 Å². The molecule has 1 aromatic rings. The van der Waals surface area contributed by atoms with Gasteiger partial charge >= 0.3 is 12.1 Å². The molecule has 1 rings (SSSR count). The molecule has 24 heavy (non-hydrogen) atoms. The average molecular weight is 373 g/mol. The van der Waals surface area contributed by atoms with Gasteiger partial charge in [0.15, 0.2) is 5.69 Å². The Morgan fingerprint density at radius 1 is 1.29 bits per heavy atom. The van der Waals surface area contributed by atoms with Gasteiger partial charge in [-0.2, -0.15) is 13.2 Å². The first-order valence-electron chi connectivity index (χ1n) is 6.90. The Bertz CT molecular complexity index is 659. The molecular weight excluding hydrogens is 357 g/mol. The van der Waals surface area contributed by atoms with E-state index in [0.29, 0.717) is 0 Å². The molecule has 0 aliphatic carbocycles. The summed E-state index contributed by atoms with van der Waals surface area (Å²) in [5.74, 6) is -1.35. The summed E-state index contributed by atoms with van der Waals surface area (Å²) in [4.78, 5) is 14.3. The predicted octanol–water partition coefficient (Wildman–Crippen LogP) is 4.04. The van der Waals surface area contributed by atoms with Crippen LogP contribution in [0.4, 0.5) is 22.0 Å². The van der Waals surface area contributed by atoms with E-state index in [0.717, 1.165) is 6.92 Å². The van der Waals surface area contributed by atoms with Crippen LogP contribution in [-0.2, 0) is 21.7 Å². The van der Waals surface area contributed by atoms with Crippen molar-refractivity contribution in [1.82, 2.24) is 4.98 Å². The van der Waals surface area contributed by atoms with Crippen LogP contribution < -0.4 is 0 Å². The van der Waals surface area contributed by atoms with Crippen LogP contribution in [0.2, 0.25) is 0 Å². The first-order valence-corrected chi connectivity index (χ1v) is 8.12. The van der Waals surface area contributed by atoms with Crippen LogP contribution in [0.5, 0.6) is 0 Å². The highest BCUT2D eigenvalue weighted by atomic mass is 32.2. The van der Waals surface area contributed by atoms with E-state index in [4.69, 9.17) is 0 Å². The molecule has 0 saturated heterocycles. The lowest BCUT2D eigenvalue weighted by molar-refractivity contribution is -0.142. The van der Waals surface area contributed by atoms with Gasteiger partial charge in [-0.3, -0.25) is 4.21 Å². The second-order valence-electron chi connectivity index (χ2n) is 5.04. The molecule has 1 aromatic heterocycles. The molecule has 1 heterocycles. The maximum atomic E-state index is 13.2. The lowest BCUT2D eigenvalue weighted by Gasteiger charge is -2.20. The number of aromatic nitrogens is 1. The SMILES string of the molecule is CCOC(=O)c1c(C(F)(F)F)nc(C(F)F)c(S(=O)C(C)C)c1C. The number of alkyl halides is 5. The number of rotatable bonds is 5. The summed E-state index contributed by atoms with van der Waals surface area (Å²) >= 11 is 0. The zero-order valence-corrected chi connectivity index (χ0v) is 14.1. The maximum Gasteiger partial charge on any atom is 0.434 e. The normalized spacial score (nSPS) is 13.5. The van der Waals surface area contributed by atoms with Gasteiger partial charge in [0, 0.05) is 5.25 Å². The van der Waals surface area contributed by atoms with Gasteiger partial charge in [-0.15, -0.1) is 0 Å². The van der Waals surface area contributed by atoms with Gasteiger partial charge in [-0.1, -0.05) is 13.8 Å². The largest absolute Gasteiger partial charge is 0.462 e. The van der Waals surface area contributed by atoms with E-state index in [9.17, 15) is 31.0 Å². The molecule has 0 aliphatic heterocycles. The predicted molar refractivity (Wildman–Crippen MR) is 76.4 cm³/mol. The van der Waals surface area contributed by atoms with Crippen molar-refractivity contribution >= 4 is 16.8 Å². The first kappa shape index (κ1) is 20.5. The Morgan fingerprint density at radius 3 is 2.21 bits per heavy atom. The Kier molecular flexibility index (Phi) is 6.43. The van der Waals surface area contributed by atoms with E-state index < -0.39 is 62.0 Å². The number of esters is 1. The second kappa shape index (κ2) is 7.54. The third kappa shape index (κ3) is 4.08. The molecule has 0 amide bonds. The summed E-state index contributed by atoms with van der Waals surface area (Å²) < 4.78 is 82.8. The van der Waals surface area contributed by atoms with Gasteiger partial charge in [0.1, 0.15) is 5.69 Å². The fourth-order valence-corrected chi connectivity index (χ4v) is 3.22. The van der Waals surface area contributed by atoms with E-state index in [1.165, 1.54) is 20.8 Å². The fourth-order valence-electron chi connectivity index (χ4n) is 2.01. The minimum Gasteiger partial charge on any atom is -0.462 e. The van der Waals surface area contributed by atoms with Gasteiger partial charge < -0.3 is 4.74 Å². The number of pyridine rings is 1. The molecule has 136 valence electrons. The van der Waals surface area contributed by atoms with Crippen molar-refractivity contribution in [2.75, 3.05) is 6.61 Å². The van der Waals surface area contributed by atoms with Crippen LogP contribution in [-0.4, -0.2) is 27.0 Å². The van der Waals surface area contributed by atoms with Gasteiger partial charge in [0.2, 0.25) is 0 Å². The number of carbonyl (C=O) groups is 1. The van der Waals surface area contributed by atoms with Crippen molar-refractivity contribution in [2.45, 2.75) is 50.4 Å². The molecule has 0 spiro atoms. The van der Waals surface area contributed by atoms with Crippen LogP contribution in [0.25, 0.3) is 0 Å². The van der Waals surface area contributed by atoms with Gasteiger partial charge in [-0.05, 0) is 19.4 Å². The van der Waals surface area contributed by atoms with E-state index >= 15 is 0 Å². The average Bonchev–Trinajstić information content (AvgIpc) is 2.44. The Labute approximate surface area is 137 Å². The van der Waals surface area contributed by atoms with Crippen molar-refractivity contribution in [3.05, 3.63) is 22.5 Å². The molecule has 0 radical (unpaired) electrons. The maximum absolute atomic E-state index is 13.2. The zero-order chi connectivity index (χ0) is 18.8. The molecule has 0 fully saturated rings. The molecule has 0 bridgehead atoms. The van der Waals surface area contributed by atoms with Gasteiger partial charge in [0.25, 0.3) is 6.43 Å². The molecule has 4 nitrogen and oxygen atoms in total. The molecule has 0 aliphatic rings. The fraction of sp³-hybridized carbons (Fsp3) is 0.571. The van der Waals surface area contributed by atoms with Crippen LogP contribution in [0.3, 0.4) is 0 Å². The molecule has 1 unspecified atom stereocenters. The number of halogens is 5. The van der Waals surface area contributed by atoms with Gasteiger partial charge in [0.05, 0.1) is 27.9 Å². The number of ether oxygens (including phenoxy) is 1. The third-order valence-electron chi connectivity index (χ3n) is 3.00. The molecule has 0 aromatic carbocycles. The summed E-state index contributed by atoms with van der Waals surface area (Å²) in [7, 11) is -2.06. The van der Waals surface area contributed by atoms with E-state index in [1.807, 2.05) is 0 Å². The lowest BCUT2D eigenvalue weighted by Crippen LogP contribution is -2.23. The van der Waals surface area contributed by atoms with Crippen molar-refractivity contribution < 1.29 is 35.7 Å². The monoisotopic (exact) mass is 373 g/mol. The lowest BCUT2D eigenvalue weighted by atomic mass is 10.1. The Hall–Kier alpha value is -1.58. The summed E-state index contributed by atoms with van der Waals surface area (Å²) in [6, 6.07) is 0. The first-order chi connectivity index (χ1) is 10.9. The standard InChI is InChI=1S/C14H16F5NO3S/c1-5-23-13(21)8-7(4)10(24(22)6(2)3)9(12(15)16)20-11(8)14(17,18)19/h6,12H,5H2,1-4H3. The molecule has 0 saturated carbocycles. The quantitative estimate of drug-likeness (QED) is 0.577. The van der Waals surface area contributed by atoms with E-state index in [1.54, 1.807) is 0 Å². The zero-order valence-electron chi connectivity index (χ0n) is 13.3. The molecular formula is C14H16F5NO3S. The highest BCUT2D eigenvalue weighted by molar-refractivity contribution is 7.85. The third-order valence-corrected chi connectivity index (χ3v) is 4.78. The highest BCUT2D eigenvalue weighted by Gasteiger charge is 2.42. The van der Waals surface area contributed by atoms with Crippen LogP contribution in [0.1, 0.15) is 54.5 Å². The summed E-state index contributed by atoms with van der Waals surface area (Å²) in [6.07, 6.45) is -8.52. The molecule has 10 heteroatoms. The second-order valence-corrected chi connectivity index (χ2v) is 6.99. The van der Waals surface area contributed by atoms with E-state index in [-0.39, 0.29) is 6.61 Å². The van der Waals surface area contributed by atoms with Crippen molar-refractivity contribution in [2.24, 2.45) is 0 Å². The van der Waals surface area contributed by atoms with Crippen LogP contribution >= 0.6 is 0 Å². The summed E-state index contributed by atoms with van der Waals surface area (Å²) in [5.41, 5.74) is -4.45. The van der Waals surface area contributed by atoms with Crippen molar-refractivity contribution in [3.63, 3.8) is 0 Å². The number of hydrogen-bond acceptors (Lipinski definition) is 4. The minimum absolute atomic E-state index is 0.214. The summed E-state index contributed by atoms with van der Waals surface area (Å²) in [5, 5.41) is -0.658. The van der Waals surface area contributed by atoms with Crippen LogP contribution in [0, 0.1) is 6.92 Å². The number of carbonyl (C=O) groups excluding carboxylic acids is 1. The Balaban J connectivity index is 3.88.